The van der Waals surface area contributed by atoms with Crippen molar-refractivity contribution < 1.29 is 4.74 Å². The van der Waals surface area contributed by atoms with Crippen LogP contribution in [0.4, 0.5) is 5.69 Å². The van der Waals surface area contributed by atoms with Gasteiger partial charge in [-0.15, -0.1) is 0 Å². The Hall–Kier alpha value is -0.740. The molecule has 2 aromatic rings. The van der Waals surface area contributed by atoms with Crippen LogP contribution in [-0.2, 0) is 0 Å². The van der Waals surface area contributed by atoms with Crippen LogP contribution in [0.5, 0.6) is 5.75 Å². The van der Waals surface area contributed by atoms with E-state index in [-0.39, 0.29) is 0 Å². The first-order valence-electron chi connectivity index (χ1n) is 7.87. The van der Waals surface area contributed by atoms with E-state index in [0.29, 0.717) is 0 Å². The Kier molecular flexibility index (Phi) is 8.10. The molecule has 2 aromatic carbocycles. The lowest BCUT2D eigenvalue weighted by molar-refractivity contribution is 0.313. The first kappa shape index (κ1) is 17.6. The number of rotatable bonds is 10. The summed E-state index contributed by atoms with van der Waals surface area (Å²) in [6, 6.07) is 12.7. The molecule has 0 spiro atoms. The molecule has 0 saturated heterocycles. The number of anilines is 1. The largest absolute Gasteiger partial charge is 0.493 e. The second kappa shape index (κ2) is 10.1. The average molecular weight is 429 g/mol. The van der Waals surface area contributed by atoms with Crippen LogP contribution in [0.15, 0.2) is 36.4 Å². The van der Waals surface area contributed by atoms with Gasteiger partial charge in [-0.1, -0.05) is 56.1 Å². The Morgan fingerprint density at radius 3 is 2.32 bits per heavy atom. The molecule has 0 aliphatic rings. The van der Waals surface area contributed by atoms with Crippen LogP contribution in [-0.4, -0.2) is 23.8 Å². The molecule has 0 atom stereocenters. The van der Waals surface area contributed by atoms with Gasteiger partial charge in [0.2, 0.25) is 0 Å². The maximum Gasteiger partial charge on any atom is 0.127 e. The zero-order valence-corrected chi connectivity index (χ0v) is 16.0. The second-order valence-electron chi connectivity index (χ2n) is 5.22. The van der Waals surface area contributed by atoms with Gasteiger partial charge >= 0.3 is 0 Å². The Morgan fingerprint density at radius 1 is 0.818 bits per heavy atom. The minimum absolute atomic E-state index is 0.771. The highest BCUT2D eigenvalue weighted by Gasteiger charge is 2.06. The van der Waals surface area contributed by atoms with Gasteiger partial charge in [-0.2, -0.15) is 0 Å². The van der Waals surface area contributed by atoms with Gasteiger partial charge < -0.3 is 10.1 Å². The minimum atomic E-state index is 0.771. The molecule has 120 valence electrons. The van der Waals surface area contributed by atoms with Gasteiger partial charge in [-0.05, 0) is 37.8 Å². The molecule has 0 bridgehead atoms. The molecule has 0 aliphatic carbocycles. The highest BCUT2D eigenvalue weighted by atomic mass is 79.9. The lowest BCUT2D eigenvalue weighted by Gasteiger charge is -2.14. The molecule has 0 unspecified atom stereocenters. The molecule has 0 aliphatic heterocycles. The number of alkyl halides is 2. The van der Waals surface area contributed by atoms with Gasteiger partial charge in [-0.3, -0.25) is 0 Å². The first-order chi connectivity index (χ1) is 10.9. The Bertz CT molecular complexity index is 524. The van der Waals surface area contributed by atoms with Crippen molar-refractivity contribution in [3.8, 4) is 5.75 Å². The van der Waals surface area contributed by atoms with E-state index >= 15 is 0 Å². The van der Waals surface area contributed by atoms with Crippen LogP contribution < -0.4 is 10.1 Å². The quantitative estimate of drug-likeness (QED) is 0.371. The molecule has 0 fully saturated rings. The summed E-state index contributed by atoms with van der Waals surface area (Å²) in [5.41, 5.74) is 1.19. The SMILES string of the molecule is BrCCCCNc1ccc(OCCCCBr)c2ccccc12. The number of hydrogen-bond acceptors (Lipinski definition) is 2. The van der Waals surface area contributed by atoms with Gasteiger partial charge in [0, 0.05) is 33.7 Å². The van der Waals surface area contributed by atoms with Crippen LogP contribution in [0.25, 0.3) is 10.8 Å². The molecule has 2 rings (SSSR count). The van der Waals surface area contributed by atoms with Crippen molar-refractivity contribution in [2.75, 3.05) is 29.1 Å². The van der Waals surface area contributed by atoms with Crippen molar-refractivity contribution in [1.82, 2.24) is 0 Å². The third-order valence-electron chi connectivity index (χ3n) is 3.55. The highest BCUT2D eigenvalue weighted by molar-refractivity contribution is 9.09. The summed E-state index contributed by atoms with van der Waals surface area (Å²) in [6.45, 7) is 1.77. The topological polar surface area (TPSA) is 21.3 Å². The van der Waals surface area contributed by atoms with E-state index in [1.807, 2.05) is 0 Å². The zero-order valence-electron chi connectivity index (χ0n) is 12.8. The average Bonchev–Trinajstić information content (AvgIpc) is 2.56. The number of unbranched alkanes of at least 4 members (excludes halogenated alkanes) is 2. The molecule has 4 heteroatoms. The molecule has 0 aromatic heterocycles. The van der Waals surface area contributed by atoms with Crippen molar-refractivity contribution >= 4 is 48.3 Å². The van der Waals surface area contributed by atoms with Crippen molar-refractivity contribution in [1.29, 1.82) is 0 Å². The molecule has 1 N–H and O–H groups in total. The van der Waals surface area contributed by atoms with Crippen molar-refractivity contribution in [2.45, 2.75) is 25.7 Å². The Balaban J connectivity index is 2.08. The Morgan fingerprint density at radius 2 is 1.55 bits per heavy atom. The first-order valence-corrected chi connectivity index (χ1v) is 10.1. The second-order valence-corrected chi connectivity index (χ2v) is 6.81. The summed E-state index contributed by atoms with van der Waals surface area (Å²) >= 11 is 6.93. The van der Waals surface area contributed by atoms with Crippen molar-refractivity contribution in [2.24, 2.45) is 0 Å². The molecule has 22 heavy (non-hydrogen) atoms. The number of halogens is 2. The van der Waals surface area contributed by atoms with E-state index in [9.17, 15) is 0 Å². The fourth-order valence-electron chi connectivity index (χ4n) is 2.37. The lowest BCUT2D eigenvalue weighted by Crippen LogP contribution is -2.03. The summed E-state index contributed by atoms with van der Waals surface area (Å²) in [5, 5.41) is 8.07. The van der Waals surface area contributed by atoms with Gasteiger partial charge in [0.1, 0.15) is 5.75 Å². The molecule has 0 saturated carbocycles. The standard InChI is InChI=1S/C18H23Br2NO/c19-11-3-5-13-21-17-9-10-18(22-14-6-4-12-20)16-8-2-1-7-15(16)17/h1-2,7-10,21H,3-6,11-14H2. The fraction of sp³-hybridized carbons (Fsp3) is 0.444. The normalized spacial score (nSPS) is 10.8. The number of fused-ring (bicyclic) bond motifs is 1. The highest BCUT2D eigenvalue weighted by Crippen LogP contribution is 2.31. The number of nitrogens with one attached hydrogen (secondary N) is 1. The maximum atomic E-state index is 5.96. The Labute approximate surface area is 149 Å². The predicted molar refractivity (Wildman–Crippen MR) is 104 cm³/mol. The molecule has 0 heterocycles. The fourth-order valence-corrected chi connectivity index (χ4v) is 3.17. The van der Waals surface area contributed by atoms with E-state index in [0.717, 1.165) is 42.4 Å². The number of benzene rings is 2. The minimum Gasteiger partial charge on any atom is -0.493 e. The third-order valence-corrected chi connectivity index (χ3v) is 4.67. The molecular weight excluding hydrogens is 406 g/mol. The van der Waals surface area contributed by atoms with Gasteiger partial charge in [0.05, 0.1) is 6.61 Å². The van der Waals surface area contributed by atoms with Crippen molar-refractivity contribution in [3.05, 3.63) is 36.4 Å². The van der Waals surface area contributed by atoms with E-state index in [4.69, 9.17) is 4.74 Å². The summed E-state index contributed by atoms with van der Waals surface area (Å²) in [6.07, 6.45) is 4.58. The van der Waals surface area contributed by atoms with E-state index in [1.54, 1.807) is 0 Å². The van der Waals surface area contributed by atoms with Crippen LogP contribution in [0.1, 0.15) is 25.7 Å². The number of hydrogen-bond donors (Lipinski definition) is 1. The lowest BCUT2D eigenvalue weighted by atomic mass is 10.1. The molecule has 0 radical (unpaired) electrons. The van der Waals surface area contributed by atoms with Gasteiger partial charge in [0.15, 0.2) is 0 Å². The van der Waals surface area contributed by atoms with Gasteiger partial charge in [0.25, 0.3) is 0 Å². The smallest absolute Gasteiger partial charge is 0.127 e. The summed E-state index contributed by atoms with van der Waals surface area (Å²) in [4.78, 5) is 0. The number of ether oxygens (including phenoxy) is 1. The zero-order chi connectivity index (χ0) is 15.6. The summed E-state index contributed by atoms with van der Waals surface area (Å²) in [5.74, 6) is 0.983. The van der Waals surface area contributed by atoms with Crippen LogP contribution >= 0.6 is 31.9 Å². The van der Waals surface area contributed by atoms with Crippen molar-refractivity contribution in [3.63, 3.8) is 0 Å². The van der Waals surface area contributed by atoms with Crippen LogP contribution in [0.3, 0.4) is 0 Å². The summed E-state index contributed by atoms with van der Waals surface area (Å²) < 4.78 is 5.96. The maximum absolute atomic E-state index is 5.96. The van der Waals surface area contributed by atoms with E-state index in [2.05, 4.69) is 73.6 Å². The summed E-state index contributed by atoms with van der Waals surface area (Å²) in [7, 11) is 0. The third kappa shape index (κ3) is 5.17. The molecule has 2 nitrogen and oxygen atoms in total. The predicted octanol–water partition coefficient (Wildman–Crippen LogP) is 5.98. The van der Waals surface area contributed by atoms with Crippen LogP contribution in [0, 0.1) is 0 Å². The van der Waals surface area contributed by atoms with Crippen LogP contribution in [0.2, 0.25) is 0 Å². The van der Waals surface area contributed by atoms with E-state index < -0.39 is 0 Å². The van der Waals surface area contributed by atoms with E-state index in [1.165, 1.54) is 29.3 Å². The molecular formula is C18H23Br2NO. The van der Waals surface area contributed by atoms with Gasteiger partial charge in [-0.25, -0.2) is 0 Å². The molecule has 0 amide bonds. The monoisotopic (exact) mass is 427 g/mol.